The maximum Gasteiger partial charge on any atom is 0.311 e. The number of aliphatic carboxylic acids is 2. The van der Waals surface area contributed by atoms with Gasteiger partial charge in [-0.1, -0.05) is 6.92 Å². The number of rotatable bonds is 11. The Balaban J connectivity index is 5.57. The van der Waals surface area contributed by atoms with E-state index in [4.69, 9.17) is 19.7 Å². The Kier molecular flexibility index (Phi) is 8.59. The van der Waals surface area contributed by atoms with E-state index in [-0.39, 0.29) is 32.1 Å². The highest BCUT2D eigenvalue weighted by Crippen LogP contribution is 2.43. The van der Waals surface area contributed by atoms with Crippen LogP contribution in [0.3, 0.4) is 0 Å². The Hall–Kier alpha value is -2.12. The third-order valence-corrected chi connectivity index (χ3v) is 4.43. The zero-order chi connectivity index (χ0) is 19.8. The number of carboxylic acids is 2. The smallest absolute Gasteiger partial charge is 0.311 e. The van der Waals surface area contributed by atoms with Gasteiger partial charge in [-0.3, -0.25) is 19.2 Å². The van der Waals surface area contributed by atoms with E-state index < -0.39 is 40.6 Å². The predicted molar refractivity (Wildman–Crippen MR) is 87.8 cm³/mol. The summed E-state index contributed by atoms with van der Waals surface area (Å²) in [7, 11) is 2.42. The molecule has 3 atom stereocenters. The van der Waals surface area contributed by atoms with Gasteiger partial charge in [-0.25, -0.2) is 0 Å². The second-order valence-corrected chi connectivity index (χ2v) is 6.97. The van der Waals surface area contributed by atoms with Gasteiger partial charge in [-0.15, -0.1) is 0 Å². The molecular formula is C17H28O8. The Morgan fingerprint density at radius 2 is 1.44 bits per heavy atom. The predicted octanol–water partition coefficient (Wildman–Crippen LogP) is 2.10. The fourth-order valence-electron chi connectivity index (χ4n) is 3.24. The SMILES string of the molecule is COC(=O)C(C)(CCCC(=O)O)CC(C)(CC(C)C(=O)O)C(=O)OC. The van der Waals surface area contributed by atoms with Crippen molar-refractivity contribution in [3.63, 3.8) is 0 Å². The van der Waals surface area contributed by atoms with Gasteiger partial charge in [0.05, 0.1) is 31.0 Å². The van der Waals surface area contributed by atoms with E-state index >= 15 is 0 Å². The highest BCUT2D eigenvalue weighted by atomic mass is 16.5. The molecule has 8 heteroatoms. The van der Waals surface area contributed by atoms with Crippen LogP contribution in [0.2, 0.25) is 0 Å². The Labute approximate surface area is 147 Å². The summed E-state index contributed by atoms with van der Waals surface area (Å²) in [6, 6.07) is 0. The molecule has 0 saturated carbocycles. The van der Waals surface area contributed by atoms with Crippen LogP contribution in [0.25, 0.3) is 0 Å². The second-order valence-electron chi connectivity index (χ2n) is 6.97. The van der Waals surface area contributed by atoms with Crippen molar-refractivity contribution >= 4 is 23.9 Å². The number of esters is 2. The quantitative estimate of drug-likeness (QED) is 0.536. The van der Waals surface area contributed by atoms with Crippen molar-refractivity contribution in [3.05, 3.63) is 0 Å². The lowest BCUT2D eigenvalue weighted by molar-refractivity contribution is -0.163. The second kappa shape index (κ2) is 9.39. The van der Waals surface area contributed by atoms with Gasteiger partial charge in [-0.2, -0.15) is 0 Å². The van der Waals surface area contributed by atoms with Crippen molar-refractivity contribution < 1.29 is 38.9 Å². The van der Waals surface area contributed by atoms with E-state index in [0.717, 1.165) is 0 Å². The van der Waals surface area contributed by atoms with Crippen LogP contribution in [0.15, 0.2) is 0 Å². The third kappa shape index (κ3) is 6.72. The largest absolute Gasteiger partial charge is 0.481 e. The van der Waals surface area contributed by atoms with E-state index in [1.54, 1.807) is 13.8 Å². The number of ether oxygens (including phenoxy) is 2. The van der Waals surface area contributed by atoms with Gasteiger partial charge in [0.15, 0.2) is 0 Å². The van der Waals surface area contributed by atoms with Crippen LogP contribution < -0.4 is 0 Å². The molecule has 25 heavy (non-hydrogen) atoms. The summed E-state index contributed by atoms with van der Waals surface area (Å²) in [5.41, 5.74) is -2.36. The van der Waals surface area contributed by atoms with Crippen LogP contribution in [0, 0.1) is 16.7 Å². The van der Waals surface area contributed by atoms with Crippen LogP contribution >= 0.6 is 0 Å². The molecule has 0 spiro atoms. The standard InChI is InChI=1S/C17H28O8/c1-11(13(20)21)9-17(3,15(23)25-5)10-16(2,14(22)24-4)8-6-7-12(18)19/h11H,6-10H2,1-5H3,(H,18,19)(H,20,21). The molecule has 0 aliphatic carbocycles. The number of hydrogen-bond acceptors (Lipinski definition) is 6. The van der Waals surface area contributed by atoms with Gasteiger partial charge in [0.2, 0.25) is 0 Å². The van der Waals surface area contributed by atoms with Crippen LogP contribution in [0.5, 0.6) is 0 Å². The molecule has 0 radical (unpaired) electrons. The lowest BCUT2D eigenvalue weighted by atomic mass is 9.67. The minimum Gasteiger partial charge on any atom is -0.481 e. The number of hydrogen-bond donors (Lipinski definition) is 2. The average Bonchev–Trinajstić information content (AvgIpc) is 2.52. The zero-order valence-electron chi connectivity index (χ0n) is 15.5. The van der Waals surface area contributed by atoms with Crippen LogP contribution in [-0.2, 0) is 28.7 Å². The number of methoxy groups -OCH3 is 2. The Morgan fingerprint density at radius 1 is 0.960 bits per heavy atom. The maximum atomic E-state index is 12.3. The molecule has 0 aliphatic heterocycles. The molecular weight excluding hydrogens is 332 g/mol. The first-order valence-corrected chi connectivity index (χ1v) is 8.03. The van der Waals surface area contributed by atoms with Crippen LogP contribution in [-0.4, -0.2) is 48.3 Å². The molecule has 8 nitrogen and oxygen atoms in total. The van der Waals surface area contributed by atoms with Gasteiger partial charge in [0.25, 0.3) is 0 Å². The minimum atomic E-state index is -1.22. The van der Waals surface area contributed by atoms with Crippen molar-refractivity contribution in [2.24, 2.45) is 16.7 Å². The first-order chi connectivity index (χ1) is 11.4. The van der Waals surface area contributed by atoms with E-state index in [2.05, 4.69) is 0 Å². The first-order valence-electron chi connectivity index (χ1n) is 8.03. The van der Waals surface area contributed by atoms with E-state index in [1.807, 2.05) is 0 Å². The summed E-state index contributed by atoms with van der Waals surface area (Å²) >= 11 is 0. The van der Waals surface area contributed by atoms with Crippen molar-refractivity contribution in [1.29, 1.82) is 0 Å². The lowest BCUT2D eigenvalue weighted by Gasteiger charge is -2.36. The Morgan fingerprint density at radius 3 is 1.84 bits per heavy atom. The normalized spacial score (nSPS) is 16.8. The van der Waals surface area contributed by atoms with Gasteiger partial charge < -0.3 is 19.7 Å². The molecule has 0 heterocycles. The van der Waals surface area contributed by atoms with Crippen LogP contribution in [0.1, 0.15) is 52.9 Å². The molecule has 0 aliphatic rings. The fourth-order valence-corrected chi connectivity index (χ4v) is 3.24. The van der Waals surface area contributed by atoms with E-state index in [1.165, 1.54) is 21.1 Å². The van der Waals surface area contributed by atoms with Gasteiger partial charge in [-0.05, 0) is 39.5 Å². The van der Waals surface area contributed by atoms with Crippen molar-refractivity contribution in [3.8, 4) is 0 Å². The summed E-state index contributed by atoms with van der Waals surface area (Å²) in [5.74, 6) is -4.04. The Bertz CT molecular complexity index is 515. The molecule has 3 unspecified atom stereocenters. The molecule has 2 N–H and O–H groups in total. The summed E-state index contributed by atoms with van der Waals surface area (Å²) < 4.78 is 9.65. The maximum absolute atomic E-state index is 12.3. The van der Waals surface area contributed by atoms with E-state index in [0.29, 0.717) is 0 Å². The summed E-state index contributed by atoms with van der Waals surface area (Å²) in [4.78, 5) is 46.5. The van der Waals surface area contributed by atoms with Gasteiger partial charge in [0.1, 0.15) is 0 Å². The monoisotopic (exact) mass is 360 g/mol. The molecule has 0 amide bonds. The third-order valence-electron chi connectivity index (χ3n) is 4.43. The fraction of sp³-hybridized carbons (Fsp3) is 0.765. The number of carbonyl (C=O) groups is 4. The van der Waals surface area contributed by atoms with Crippen LogP contribution in [0.4, 0.5) is 0 Å². The minimum absolute atomic E-state index is 0.00339. The molecule has 0 aromatic rings. The number of carboxylic acid groups (broad SMARTS) is 2. The first kappa shape index (κ1) is 22.9. The van der Waals surface area contributed by atoms with E-state index in [9.17, 15) is 19.2 Å². The highest BCUT2D eigenvalue weighted by molar-refractivity contribution is 5.81. The molecule has 0 rings (SSSR count). The van der Waals surface area contributed by atoms with Gasteiger partial charge >= 0.3 is 23.9 Å². The summed E-state index contributed by atoms with van der Waals surface area (Å²) in [6.07, 6.45) is 0.289. The van der Waals surface area contributed by atoms with Gasteiger partial charge in [0, 0.05) is 6.42 Å². The molecule has 0 bridgehead atoms. The molecule has 144 valence electrons. The molecule has 0 aromatic carbocycles. The summed E-state index contributed by atoms with van der Waals surface area (Å²) in [6.45, 7) is 4.62. The summed E-state index contributed by atoms with van der Waals surface area (Å²) in [5, 5.41) is 17.9. The zero-order valence-corrected chi connectivity index (χ0v) is 15.5. The lowest BCUT2D eigenvalue weighted by Crippen LogP contribution is -2.41. The number of carbonyl (C=O) groups excluding carboxylic acids is 2. The molecule has 0 aromatic heterocycles. The molecule has 0 fully saturated rings. The van der Waals surface area contributed by atoms with Crippen molar-refractivity contribution in [2.75, 3.05) is 14.2 Å². The van der Waals surface area contributed by atoms with Crippen molar-refractivity contribution in [2.45, 2.75) is 52.9 Å². The topological polar surface area (TPSA) is 127 Å². The highest BCUT2D eigenvalue weighted by Gasteiger charge is 2.47. The average molecular weight is 360 g/mol. The van der Waals surface area contributed by atoms with Crippen molar-refractivity contribution in [1.82, 2.24) is 0 Å². The molecule has 0 saturated heterocycles.